The van der Waals surface area contributed by atoms with Gasteiger partial charge in [-0.05, 0) is 82.8 Å². The number of piperazine rings is 1. The Balaban J connectivity index is 1.45. The first kappa shape index (κ1) is 25.6. The Bertz CT molecular complexity index is 1110. The number of nitrogens with zero attached hydrogens (tertiary/aromatic N) is 6. The zero-order valence-corrected chi connectivity index (χ0v) is 21.8. The predicted octanol–water partition coefficient (Wildman–Crippen LogP) is 3.84. The lowest BCUT2D eigenvalue weighted by atomic mass is 10.1. The van der Waals surface area contributed by atoms with Crippen molar-refractivity contribution in [2.75, 3.05) is 68.7 Å². The lowest BCUT2D eigenvalue weighted by molar-refractivity contribution is 0.0991. The molecule has 0 bridgehead atoms. The molecule has 0 atom stereocenters. The maximum Gasteiger partial charge on any atom is 0.280 e. The topological polar surface area (TPSA) is 67.8 Å². The number of para-hydroxylation sites is 1. The summed E-state index contributed by atoms with van der Waals surface area (Å²) in [7, 11) is 4.26. The van der Waals surface area contributed by atoms with E-state index in [0.29, 0.717) is 5.56 Å². The Hall–Kier alpha value is -3.49. The van der Waals surface area contributed by atoms with Crippen LogP contribution in [-0.2, 0) is 0 Å². The fraction of sp³-hybridized carbons (Fsp3) is 0.393. The van der Waals surface area contributed by atoms with Gasteiger partial charge in [-0.15, -0.1) is 0 Å². The normalized spacial score (nSPS) is 14.2. The van der Waals surface area contributed by atoms with E-state index >= 15 is 0 Å². The Morgan fingerprint density at radius 1 is 0.944 bits per heavy atom. The summed E-state index contributed by atoms with van der Waals surface area (Å²) in [6.07, 6.45) is 5.72. The van der Waals surface area contributed by atoms with Crippen molar-refractivity contribution >= 4 is 23.0 Å². The van der Waals surface area contributed by atoms with E-state index in [-0.39, 0.29) is 5.91 Å². The van der Waals surface area contributed by atoms with Crippen LogP contribution in [-0.4, -0.2) is 79.0 Å². The first-order chi connectivity index (χ1) is 17.4. The zero-order valence-electron chi connectivity index (χ0n) is 21.8. The van der Waals surface area contributed by atoms with Crippen molar-refractivity contribution in [2.24, 2.45) is 0 Å². The Labute approximate surface area is 214 Å². The van der Waals surface area contributed by atoms with Gasteiger partial charge in [-0.25, -0.2) is 15.0 Å². The standard InChI is InChI=1S/C28H37N7O/c1-22-7-5-8-23(2)27(22)35(28(36)24-19-29-21-30-20-24)31-25-9-11-26(12-10-25)34-17-15-33(16-18-34)14-6-13-32(3)4/h5,7-12,19-21,31H,6,13-18H2,1-4H3. The van der Waals surface area contributed by atoms with Crippen molar-refractivity contribution in [1.29, 1.82) is 0 Å². The molecule has 0 radical (unpaired) electrons. The number of carbonyl (C=O) groups excluding carboxylic acids is 1. The zero-order chi connectivity index (χ0) is 25.5. The molecule has 0 unspecified atom stereocenters. The monoisotopic (exact) mass is 487 g/mol. The van der Waals surface area contributed by atoms with E-state index in [9.17, 15) is 4.79 Å². The summed E-state index contributed by atoms with van der Waals surface area (Å²) >= 11 is 0. The second-order valence-corrected chi connectivity index (χ2v) is 9.65. The number of anilines is 3. The van der Waals surface area contributed by atoms with Gasteiger partial charge in [0.25, 0.3) is 5.91 Å². The fourth-order valence-electron chi connectivity index (χ4n) is 4.62. The van der Waals surface area contributed by atoms with Crippen LogP contribution in [0.4, 0.5) is 17.1 Å². The highest BCUT2D eigenvalue weighted by Gasteiger charge is 2.22. The lowest BCUT2D eigenvalue weighted by Gasteiger charge is -2.36. The summed E-state index contributed by atoms with van der Waals surface area (Å²) < 4.78 is 0. The van der Waals surface area contributed by atoms with E-state index < -0.39 is 0 Å². The van der Waals surface area contributed by atoms with E-state index in [1.54, 1.807) is 17.4 Å². The van der Waals surface area contributed by atoms with Gasteiger partial charge in [0.2, 0.25) is 0 Å². The molecule has 1 amide bonds. The number of amides is 1. The minimum atomic E-state index is -0.206. The van der Waals surface area contributed by atoms with Gasteiger partial charge in [0, 0.05) is 44.3 Å². The van der Waals surface area contributed by atoms with Gasteiger partial charge < -0.3 is 9.80 Å². The first-order valence-electron chi connectivity index (χ1n) is 12.6. The third-order valence-corrected chi connectivity index (χ3v) is 6.60. The number of hydrazine groups is 1. The molecular weight excluding hydrogens is 450 g/mol. The molecule has 1 fully saturated rings. The van der Waals surface area contributed by atoms with Crippen molar-refractivity contribution in [1.82, 2.24) is 19.8 Å². The maximum atomic E-state index is 13.5. The van der Waals surface area contributed by atoms with Crippen LogP contribution < -0.4 is 15.3 Å². The first-order valence-corrected chi connectivity index (χ1v) is 12.6. The Morgan fingerprint density at radius 3 is 2.19 bits per heavy atom. The predicted molar refractivity (Wildman–Crippen MR) is 147 cm³/mol. The maximum absolute atomic E-state index is 13.5. The average molecular weight is 488 g/mol. The minimum Gasteiger partial charge on any atom is -0.369 e. The molecule has 2 aromatic carbocycles. The van der Waals surface area contributed by atoms with E-state index in [1.807, 2.05) is 44.2 Å². The van der Waals surface area contributed by atoms with Gasteiger partial charge in [0.05, 0.1) is 16.9 Å². The molecule has 190 valence electrons. The smallest absolute Gasteiger partial charge is 0.280 e. The van der Waals surface area contributed by atoms with Gasteiger partial charge in [-0.2, -0.15) is 0 Å². The molecular formula is C28H37N7O. The molecule has 4 rings (SSSR count). The number of aromatic nitrogens is 2. The van der Waals surface area contributed by atoms with Crippen LogP contribution in [0.5, 0.6) is 0 Å². The van der Waals surface area contributed by atoms with Crippen molar-refractivity contribution in [3.05, 3.63) is 77.9 Å². The van der Waals surface area contributed by atoms with Gasteiger partial charge >= 0.3 is 0 Å². The third-order valence-electron chi connectivity index (χ3n) is 6.60. The van der Waals surface area contributed by atoms with Gasteiger partial charge in [0.1, 0.15) is 6.33 Å². The van der Waals surface area contributed by atoms with E-state index in [4.69, 9.17) is 0 Å². The number of rotatable bonds is 9. The quantitative estimate of drug-likeness (QED) is 0.460. The molecule has 1 aliphatic rings. The highest BCUT2D eigenvalue weighted by molar-refractivity contribution is 6.07. The third kappa shape index (κ3) is 6.38. The molecule has 3 aromatic rings. The van der Waals surface area contributed by atoms with E-state index in [1.165, 1.54) is 18.4 Å². The molecule has 2 heterocycles. The molecule has 1 saturated heterocycles. The average Bonchev–Trinajstić information content (AvgIpc) is 2.89. The lowest BCUT2D eigenvalue weighted by Crippen LogP contribution is -2.47. The fourth-order valence-corrected chi connectivity index (χ4v) is 4.62. The minimum absolute atomic E-state index is 0.206. The highest BCUT2D eigenvalue weighted by atomic mass is 16.2. The van der Waals surface area contributed by atoms with E-state index in [2.05, 4.69) is 56.3 Å². The molecule has 36 heavy (non-hydrogen) atoms. The van der Waals surface area contributed by atoms with Gasteiger partial charge in [0.15, 0.2) is 0 Å². The number of hydrogen-bond donors (Lipinski definition) is 1. The summed E-state index contributed by atoms with van der Waals surface area (Å²) in [5.74, 6) is -0.206. The van der Waals surface area contributed by atoms with Crippen molar-refractivity contribution in [3.63, 3.8) is 0 Å². The molecule has 8 heteroatoms. The second-order valence-electron chi connectivity index (χ2n) is 9.65. The van der Waals surface area contributed by atoms with Crippen molar-refractivity contribution in [2.45, 2.75) is 20.3 Å². The van der Waals surface area contributed by atoms with Gasteiger partial charge in [-0.1, -0.05) is 18.2 Å². The van der Waals surface area contributed by atoms with Crippen LogP contribution in [0.3, 0.4) is 0 Å². The van der Waals surface area contributed by atoms with Crippen molar-refractivity contribution in [3.8, 4) is 0 Å². The summed E-state index contributed by atoms with van der Waals surface area (Å²) in [6.45, 7) is 10.5. The summed E-state index contributed by atoms with van der Waals surface area (Å²) in [5, 5.41) is 1.60. The second kappa shape index (κ2) is 12.0. The summed E-state index contributed by atoms with van der Waals surface area (Å²) in [4.78, 5) is 28.8. The highest BCUT2D eigenvalue weighted by Crippen LogP contribution is 2.28. The van der Waals surface area contributed by atoms with Crippen molar-refractivity contribution < 1.29 is 4.79 Å². The van der Waals surface area contributed by atoms with E-state index in [0.717, 1.165) is 61.8 Å². The molecule has 1 aliphatic heterocycles. The molecule has 0 aliphatic carbocycles. The number of nitrogens with one attached hydrogen (secondary N) is 1. The molecule has 1 N–H and O–H groups in total. The molecule has 0 saturated carbocycles. The van der Waals surface area contributed by atoms with Crippen LogP contribution >= 0.6 is 0 Å². The molecule has 8 nitrogen and oxygen atoms in total. The number of benzene rings is 2. The van der Waals surface area contributed by atoms with Gasteiger partial charge in [-0.3, -0.25) is 15.1 Å². The molecule has 1 aromatic heterocycles. The van der Waals surface area contributed by atoms with Crippen LogP contribution in [0.15, 0.2) is 61.2 Å². The number of hydrogen-bond acceptors (Lipinski definition) is 7. The SMILES string of the molecule is Cc1cccc(C)c1N(Nc1ccc(N2CCN(CCCN(C)C)CC2)cc1)C(=O)c1cncnc1. The summed E-state index contributed by atoms with van der Waals surface area (Å²) in [5.41, 5.74) is 8.66. The Morgan fingerprint density at radius 2 is 1.58 bits per heavy atom. The van der Waals surface area contributed by atoms with Crippen LogP contribution in [0.25, 0.3) is 0 Å². The Kier molecular flexibility index (Phi) is 8.51. The number of aryl methyl sites for hydroxylation is 2. The van der Waals surface area contributed by atoms with Crippen LogP contribution in [0.1, 0.15) is 27.9 Å². The molecule has 0 spiro atoms. The van der Waals surface area contributed by atoms with Crippen LogP contribution in [0.2, 0.25) is 0 Å². The van der Waals surface area contributed by atoms with Crippen LogP contribution in [0, 0.1) is 13.8 Å². The largest absolute Gasteiger partial charge is 0.369 e. The summed E-state index contributed by atoms with van der Waals surface area (Å²) in [6, 6.07) is 14.3. The number of carbonyl (C=O) groups is 1.